The maximum atomic E-state index is 12.5. The number of phenolic OH excluding ortho intramolecular Hbond substituents is 2. The average Bonchev–Trinajstić information content (AvgIpc) is 2.59. The van der Waals surface area contributed by atoms with Gasteiger partial charge in [0.2, 0.25) is 0 Å². The smallest absolute Gasteiger partial charge is 0.280 e. The van der Waals surface area contributed by atoms with Crippen LogP contribution in [0.15, 0.2) is 46.4 Å². The summed E-state index contributed by atoms with van der Waals surface area (Å²) in [5, 5.41) is 23.4. The summed E-state index contributed by atoms with van der Waals surface area (Å²) in [7, 11) is -1.32. The van der Waals surface area contributed by atoms with Crippen LogP contribution in [-0.4, -0.2) is 38.6 Å². The van der Waals surface area contributed by atoms with E-state index in [0.717, 1.165) is 0 Å². The first kappa shape index (κ1) is 18.4. The lowest BCUT2D eigenvalue weighted by Crippen LogP contribution is -2.20. The number of methoxy groups -OCH3 is 2. The van der Waals surface area contributed by atoms with Crippen molar-refractivity contribution in [3.05, 3.63) is 42.0 Å². The summed E-state index contributed by atoms with van der Waals surface area (Å²) in [6, 6.07) is 8.47. The Balaban J connectivity index is 2.39. The number of hydrazone groups is 1. The second-order valence-corrected chi connectivity index (χ2v) is 6.61. The fourth-order valence-electron chi connectivity index (χ4n) is 2.13. The summed E-state index contributed by atoms with van der Waals surface area (Å²) in [5.41, 5.74) is 0.115. The minimum atomic E-state index is -4.07. The molecule has 2 aromatic rings. The first-order valence-corrected chi connectivity index (χ1v) is 8.58. The fourth-order valence-corrected chi connectivity index (χ4v) is 3.17. The van der Waals surface area contributed by atoms with E-state index in [9.17, 15) is 18.6 Å². The molecular weight excluding hydrogens is 348 g/mol. The highest BCUT2D eigenvalue weighted by atomic mass is 32.2. The molecule has 0 aromatic heterocycles. The SMILES string of the molecule is COc1ccc(OC)c(S(=O)(=O)NN=C(C)c2c(O)cccc2O)c1. The Morgan fingerprint density at radius 3 is 2.28 bits per heavy atom. The van der Waals surface area contributed by atoms with Gasteiger partial charge in [-0.25, -0.2) is 0 Å². The van der Waals surface area contributed by atoms with Crippen LogP contribution >= 0.6 is 0 Å². The first-order valence-electron chi connectivity index (χ1n) is 7.09. The van der Waals surface area contributed by atoms with Crippen molar-refractivity contribution in [3.63, 3.8) is 0 Å². The Morgan fingerprint density at radius 1 is 1.08 bits per heavy atom. The summed E-state index contributed by atoms with van der Waals surface area (Å²) in [4.78, 5) is 1.90. The number of nitrogens with one attached hydrogen (secondary N) is 1. The summed E-state index contributed by atoms with van der Waals surface area (Å²) < 4.78 is 35.1. The van der Waals surface area contributed by atoms with Gasteiger partial charge in [-0.2, -0.15) is 18.4 Å². The number of rotatable bonds is 6. The molecule has 0 aliphatic carbocycles. The van der Waals surface area contributed by atoms with E-state index < -0.39 is 10.0 Å². The molecule has 0 fully saturated rings. The quantitative estimate of drug-likeness (QED) is 0.530. The molecule has 0 aliphatic rings. The predicted octanol–water partition coefficient (Wildman–Crippen LogP) is 1.82. The van der Waals surface area contributed by atoms with Gasteiger partial charge in [-0.05, 0) is 31.2 Å². The van der Waals surface area contributed by atoms with Crippen LogP contribution in [0.4, 0.5) is 0 Å². The molecule has 0 atom stereocenters. The zero-order chi connectivity index (χ0) is 18.6. The molecule has 0 saturated carbocycles. The lowest BCUT2D eigenvalue weighted by atomic mass is 10.1. The van der Waals surface area contributed by atoms with Crippen LogP contribution < -0.4 is 14.3 Å². The summed E-state index contributed by atoms with van der Waals surface area (Å²) in [6.07, 6.45) is 0. The van der Waals surface area contributed by atoms with Crippen molar-refractivity contribution in [2.24, 2.45) is 5.10 Å². The van der Waals surface area contributed by atoms with E-state index >= 15 is 0 Å². The van der Waals surface area contributed by atoms with Crippen LogP contribution in [-0.2, 0) is 10.0 Å². The highest BCUT2D eigenvalue weighted by Crippen LogP contribution is 2.29. The number of sulfonamides is 1. The van der Waals surface area contributed by atoms with Gasteiger partial charge in [-0.15, -0.1) is 0 Å². The van der Waals surface area contributed by atoms with E-state index in [1.807, 2.05) is 0 Å². The monoisotopic (exact) mass is 366 g/mol. The van der Waals surface area contributed by atoms with Crippen LogP contribution in [0.5, 0.6) is 23.0 Å². The molecule has 0 aliphatic heterocycles. The number of aromatic hydroxyl groups is 2. The average molecular weight is 366 g/mol. The summed E-state index contributed by atoms with van der Waals surface area (Å²) in [5.74, 6) is 0.00519. The Kier molecular flexibility index (Phi) is 5.38. The molecule has 0 saturated heterocycles. The third-order valence-corrected chi connectivity index (χ3v) is 4.61. The van der Waals surface area contributed by atoms with Crippen LogP contribution in [0.1, 0.15) is 12.5 Å². The molecule has 0 heterocycles. The van der Waals surface area contributed by atoms with Crippen molar-refractivity contribution in [2.75, 3.05) is 14.2 Å². The predicted molar refractivity (Wildman–Crippen MR) is 91.9 cm³/mol. The third kappa shape index (κ3) is 3.94. The normalized spacial score (nSPS) is 11.9. The Labute approximate surface area is 145 Å². The Morgan fingerprint density at radius 2 is 1.72 bits per heavy atom. The van der Waals surface area contributed by atoms with E-state index in [1.54, 1.807) is 6.07 Å². The standard InChI is InChI=1S/C16H18N2O6S/c1-10(16-12(19)5-4-6-13(16)20)17-18-25(21,22)15-9-11(23-2)7-8-14(15)24-3/h4-9,18-20H,1-3H3. The number of hydrogen-bond donors (Lipinski definition) is 3. The molecule has 0 spiro atoms. The summed E-state index contributed by atoms with van der Waals surface area (Å²) in [6.45, 7) is 1.44. The van der Waals surface area contributed by atoms with Gasteiger partial charge < -0.3 is 19.7 Å². The molecule has 9 heteroatoms. The molecule has 2 aromatic carbocycles. The second-order valence-electron chi connectivity index (χ2n) is 4.98. The van der Waals surface area contributed by atoms with Crippen LogP contribution in [0.25, 0.3) is 0 Å². The van der Waals surface area contributed by atoms with E-state index in [1.165, 1.54) is 51.5 Å². The van der Waals surface area contributed by atoms with Gasteiger partial charge in [0.05, 0.1) is 25.5 Å². The van der Waals surface area contributed by atoms with Gasteiger partial charge in [0, 0.05) is 6.07 Å². The van der Waals surface area contributed by atoms with Gasteiger partial charge in [-0.3, -0.25) is 0 Å². The van der Waals surface area contributed by atoms with Crippen molar-refractivity contribution in [3.8, 4) is 23.0 Å². The maximum Gasteiger partial charge on any atom is 0.280 e. The lowest BCUT2D eigenvalue weighted by molar-refractivity contribution is 0.392. The zero-order valence-corrected chi connectivity index (χ0v) is 14.7. The molecule has 25 heavy (non-hydrogen) atoms. The molecule has 3 N–H and O–H groups in total. The molecule has 0 bridgehead atoms. The third-order valence-electron chi connectivity index (χ3n) is 3.38. The van der Waals surface area contributed by atoms with Crippen LogP contribution in [0.3, 0.4) is 0 Å². The van der Waals surface area contributed by atoms with E-state index in [0.29, 0.717) is 5.75 Å². The highest BCUT2D eigenvalue weighted by molar-refractivity contribution is 7.89. The molecule has 0 radical (unpaired) electrons. The van der Waals surface area contributed by atoms with E-state index in [4.69, 9.17) is 9.47 Å². The minimum absolute atomic E-state index is 0.0304. The Hall–Kier alpha value is -2.94. The number of benzene rings is 2. The largest absolute Gasteiger partial charge is 0.507 e. The molecular formula is C16H18N2O6S. The van der Waals surface area contributed by atoms with Crippen molar-refractivity contribution in [1.82, 2.24) is 4.83 Å². The van der Waals surface area contributed by atoms with Crippen LogP contribution in [0.2, 0.25) is 0 Å². The lowest BCUT2D eigenvalue weighted by Gasteiger charge is -2.11. The highest BCUT2D eigenvalue weighted by Gasteiger charge is 2.21. The molecule has 0 amide bonds. The molecule has 2 rings (SSSR count). The van der Waals surface area contributed by atoms with Gasteiger partial charge in [0.1, 0.15) is 27.9 Å². The molecule has 8 nitrogen and oxygen atoms in total. The number of nitrogens with zero attached hydrogens (tertiary/aromatic N) is 1. The van der Waals surface area contributed by atoms with E-state index in [2.05, 4.69) is 9.93 Å². The van der Waals surface area contributed by atoms with Gasteiger partial charge in [0.15, 0.2) is 0 Å². The number of hydrogen-bond acceptors (Lipinski definition) is 7. The number of phenols is 2. The fraction of sp³-hybridized carbons (Fsp3) is 0.188. The Bertz CT molecular complexity index is 889. The maximum absolute atomic E-state index is 12.5. The van der Waals surface area contributed by atoms with Crippen molar-refractivity contribution in [2.45, 2.75) is 11.8 Å². The molecule has 134 valence electrons. The summed E-state index contributed by atoms with van der Waals surface area (Å²) >= 11 is 0. The minimum Gasteiger partial charge on any atom is -0.507 e. The first-order chi connectivity index (χ1) is 11.8. The topological polar surface area (TPSA) is 117 Å². The molecule has 0 unspecified atom stereocenters. The van der Waals surface area contributed by atoms with Crippen molar-refractivity contribution >= 4 is 15.7 Å². The van der Waals surface area contributed by atoms with E-state index in [-0.39, 0.29) is 33.4 Å². The second kappa shape index (κ2) is 7.31. The van der Waals surface area contributed by atoms with Gasteiger partial charge >= 0.3 is 0 Å². The zero-order valence-electron chi connectivity index (χ0n) is 13.8. The van der Waals surface area contributed by atoms with Crippen molar-refractivity contribution < 1.29 is 28.1 Å². The van der Waals surface area contributed by atoms with Crippen molar-refractivity contribution in [1.29, 1.82) is 0 Å². The number of ether oxygens (including phenoxy) is 2. The van der Waals surface area contributed by atoms with Gasteiger partial charge in [-0.1, -0.05) is 6.07 Å². The van der Waals surface area contributed by atoms with Crippen LogP contribution in [0, 0.1) is 0 Å². The van der Waals surface area contributed by atoms with Gasteiger partial charge in [0.25, 0.3) is 10.0 Å².